The fourth-order valence-electron chi connectivity index (χ4n) is 1.67. The molecule has 0 aliphatic heterocycles. The third kappa shape index (κ3) is 2.00. The Kier molecular flexibility index (Phi) is 2.81. The number of thiazole rings is 1. The van der Waals surface area contributed by atoms with Crippen LogP contribution in [-0.2, 0) is 6.54 Å². The molecule has 0 aliphatic carbocycles. The van der Waals surface area contributed by atoms with Gasteiger partial charge in [0.25, 0.3) is 0 Å². The van der Waals surface area contributed by atoms with Crippen molar-refractivity contribution in [1.82, 2.24) is 19.4 Å². The van der Waals surface area contributed by atoms with Crippen molar-refractivity contribution in [2.75, 3.05) is 17.7 Å². The molecule has 0 saturated carbocycles. The average Bonchev–Trinajstić information content (AvgIpc) is 3.06. The molecule has 0 aliphatic rings. The van der Waals surface area contributed by atoms with E-state index in [1.807, 2.05) is 35.5 Å². The Morgan fingerprint density at radius 3 is 3.17 bits per heavy atom. The van der Waals surface area contributed by atoms with Crippen molar-refractivity contribution < 1.29 is 0 Å². The first-order chi connectivity index (χ1) is 8.86. The second kappa shape index (κ2) is 4.61. The van der Waals surface area contributed by atoms with Gasteiger partial charge in [0.05, 0.1) is 18.3 Å². The largest absolute Gasteiger partial charge is 0.372 e. The summed E-state index contributed by atoms with van der Waals surface area (Å²) in [5.41, 5.74) is 2.64. The summed E-state index contributed by atoms with van der Waals surface area (Å²) in [4.78, 5) is 14.0. The van der Waals surface area contributed by atoms with Crippen LogP contribution in [0.1, 0.15) is 4.88 Å². The van der Waals surface area contributed by atoms with Crippen molar-refractivity contribution >= 4 is 28.6 Å². The van der Waals surface area contributed by atoms with Gasteiger partial charge >= 0.3 is 0 Å². The number of hydrogen-bond acceptors (Lipinski definition) is 6. The molecule has 7 heteroatoms. The molecule has 0 bridgehead atoms. The van der Waals surface area contributed by atoms with Gasteiger partial charge in [0, 0.05) is 30.5 Å². The summed E-state index contributed by atoms with van der Waals surface area (Å²) in [5, 5.41) is 6.32. The van der Waals surface area contributed by atoms with Crippen LogP contribution in [0.15, 0.2) is 30.3 Å². The minimum atomic E-state index is 0.702. The van der Waals surface area contributed by atoms with Crippen molar-refractivity contribution in [3.05, 3.63) is 35.2 Å². The first-order valence-corrected chi connectivity index (χ1v) is 6.37. The highest BCUT2D eigenvalue weighted by Crippen LogP contribution is 2.17. The standard InChI is InChI=1S/C11H12N6S/c1-12-9-6-17-3-2-14-11(17)10(16-9)15-5-8-4-13-7-18-8/h2-4,6-7,12H,5H2,1H3,(H,15,16). The number of anilines is 2. The molecular formula is C11H12N6S. The lowest BCUT2D eigenvalue weighted by molar-refractivity contribution is 1.08. The molecule has 6 nitrogen and oxygen atoms in total. The van der Waals surface area contributed by atoms with Crippen LogP contribution in [0.4, 0.5) is 11.6 Å². The first-order valence-electron chi connectivity index (χ1n) is 5.49. The summed E-state index contributed by atoms with van der Waals surface area (Å²) < 4.78 is 1.94. The van der Waals surface area contributed by atoms with Gasteiger partial charge in [-0.3, -0.25) is 4.98 Å². The van der Waals surface area contributed by atoms with E-state index in [4.69, 9.17) is 0 Å². The maximum absolute atomic E-state index is 4.47. The lowest BCUT2D eigenvalue weighted by Gasteiger charge is -2.08. The van der Waals surface area contributed by atoms with Gasteiger partial charge in [-0.05, 0) is 0 Å². The Morgan fingerprint density at radius 2 is 2.39 bits per heavy atom. The van der Waals surface area contributed by atoms with E-state index in [-0.39, 0.29) is 0 Å². The number of aromatic nitrogens is 4. The van der Waals surface area contributed by atoms with Crippen molar-refractivity contribution in [3.8, 4) is 0 Å². The second-order valence-corrected chi connectivity index (χ2v) is 4.68. The number of fused-ring (bicyclic) bond motifs is 1. The van der Waals surface area contributed by atoms with E-state index in [0.29, 0.717) is 6.54 Å². The molecule has 3 heterocycles. The van der Waals surface area contributed by atoms with E-state index in [9.17, 15) is 0 Å². The quantitative estimate of drug-likeness (QED) is 0.749. The third-order valence-electron chi connectivity index (χ3n) is 2.54. The smallest absolute Gasteiger partial charge is 0.180 e. The Hall–Kier alpha value is -2.15. The molecule has 0 saturated heterocycles. The van der Waals surface area contributed by atoms with E-state index < -0.39 is 0 Å². The van der Waals surface area contributed by atoms with E-state index in [1.54, 1.807) is 17.5 Å². The fourth-order valence-corrected chi connectivity index (χ4v) is 2.21. The number of hydrogen-bond donors (Lipinski definition) is 2. The molecule has 0 spiro atoms. The second-order valence-electron chi connectivity index (χ2n) is 3.70. The van der Waals surface area contributed by atoms with Crippen LogP contribution in [0.25, 0.3) is 5.65 Å². The Balaban J connectivity index is 1.92. The summed E-state index contributed by atoms with van der Waals surface area (Å²) in [6.45, 7) is 0.702. The average molecular weight is 260 g/mol. The zero-order valence-electron chi connectivity index (χ0n) is 9.79. The van der Waals surface area contributed by atoms with Gasteiger partial charge in [-0.25, -0.2) is 9.97 Å². The molecular weight excluding hydrogens is 248 g/mol. The predicted molar refractivity (Wildman–Crippen MR) is 72.0 cm³/mol. The molecule has 0 atom stereocenters. The zero-order valence-corrected chi connectivity index (χ0v) is 10.6. The van der Waals surface area contributed by atoms with Crippen molar-refractivity contribution in [2.24, 2.45) is 0 Å². The van der Waals surface area contributed by atoms with Gasteiger partial charge < -0.3 is 15.0 Å². The van der Waals surface area contributed by atoms with Gasteiger partial charge in [0.15, 0.2) is 11.5 Å². The van der Waals surface area contributed by atoms with Crippen LogP contribution in [0.3, 0.4) is 0 Å². The molecule has 0 unspecified atom stereocenters. The van der Waals surface area contributed by atoms with Crippen molar-refractivity contribution in [3.63, 3.8) is 0 Å². The van der Waals surface area contributed by atoms with Crippen LogP contribution in [-0.4, -0.2) is 26.4 Å². The van der Waals surface area contributed by atoms with Gasteiger partial charge in [0.1, 0.15) is 5.82 Å². The van der Waals surface area contributed by atoms with Crippen LogP contribution in [0, 0.1) is 0 Å². The lowest BCUT2D eigenvalue weighted by Crippen LogP contribution is -2.05. The van der Waals surface area contributed by atoms with Gasteiger partial charge in [-0.2, -0.15) is 0 Å². The van der Waals surface area contributed by atoms with E-state index >= 15 is 0 Å². The minimum Gasteiger partial charge on any atom is -0.372 e. The molecule has 3 aromatic heterocycles. The highest BCUT2D eigenvalue weighted by Gasteiger charge is 2.06. The normalized spacial score (nSPS) is 10.7. The van der Waals surface area contributed by atoms with Crippen LogP contribution >= 0.6 is 11.3 Å². The van der Waals surface area contributed by atoms with Gasteiger partial charge in [0.2, 0.25) is 0 Å². The Morgan fingerprint density at radius 1 is 1.44 bits per heavy atom. The van der Waals surface area contributed by atoms with Crippen molar-refractivity contribution in [1.29, 1.82) is 0 Å². The van der Waals surface area contributed by atoms with Crippen molar-refractivity contribution in [2.45, 2.75) is 6.54 Å². The molecule has 2 N–H and O–H groups in total. The van der Waals surface area contributed by atoms with E-state index in [1.165, 1.54) is 0 Å². The maximum atomic E-state index is 4.47. The van der Waals surface area contributed by atoms with Gasteiger partial charge in [-0.1, -0.05) is 0 Å². The maximum Gasteiger partial charge on any atom is 0.180 e. The highest BCUT2D eigenvalue weighted by molar-refractivity contribution is 7.09. The van der Waals surface area contributed by atoms with E-state index in [0.717, 1.165) is 22.2 Å². The third-order valence-corrected chi connectivity index (χ3v) is 3.32. The predicted octanol–water partition coefficient (Wildman–Crippen LogP) is 1.84. The Labute approximate surface area is 108 Å². The monoisotopic (exact) mass is 260 g/mol. The topological polar surface area (TPSA) is 67.1 Å². The summed E-state index contributed by atoms with van der Waals surface area (Å²) in [7, 11) is 1.85. The number of nitrogens with one attached hydrogen (secondary N) is 2. The summed E-state index contributed by atoms with van der Waals surface area (Å²) in [5.74, 6) is 1.56. The van der Waals surface area contributed by atoms with Crippen LogP contribution in [0.5, 0.6) is 0 Å². The van der Waals surface area contributed by atoms with E-state index in [2.05, 4.69) is 25.6 Å². The fraction of sp³-hybridized carbons (Fsp3) is 0.182. The minimum absolute atomic E-state index is 0.702. The molecule has 0 amide bonds. The number of rotatable bonds is 4. The number of nitrogens with zero attached hydrogens (tertiary/aromatic N) is 4. The summed E-state index contributed by atoms with van der Waals surface area (Å²) in [6, 6.07) is 0. The molecule has 0 aromatic carbocycles. The SMILES string of the molecule is CNc1cn2ccnc2c(NCc2cncs2)n1. The summed E-state index contributed by atoms with van der Waals surface area (Å²) in [6.07, 6.45) is 7.41. The molecule has 0 fully saturated rings. The number of imidazole rings is 1. The highest BCUT2D eigenvalue weighted by atomic mass is 32.1. The molecule has 3 aromatic rings. The molecule has 92 valence electrons. The molecule has 3 rings (SSSR count). The van der Waals surface area contributed by atoms with Gasteiger partial charge in [-0.15, -0.1) is 11.3 Å². The zero-order chi connectivity index (χ0) is 12.4. The molecule has 0 radical (unpaired) electrons. The van der Waals surface area contributed by atoms with Crippen LogP contribution < -0.4 is 10.6 Å². The first kappa shape index (κ1) is 11.0. The lowest BCUT2D eigenvalue weighted by atomic mass is 10.5. The summed E-state index contributed by atoms with van der Waals surface area (Å²) >= 11 is 1.62. The molecule has 18 heavy (non-hydrogen) atoms. The Bertz CT molecular complexity index is 645. The van der Waals surface area contributed by atoms with Crippen LogP contribution in [0.2, 0.25) is 0 Å².